The van der Waals surface area contributed by atoms with Gasteiger partial charge >= 0.3 is 0 Å². The molecule has 4 nitrogen and oxygen atoms in total. The minimum atomic E-state index is -0.0140. The fourth-order valence-electron chi connectivity index (χ4n) is 3.65. The van der Waals surface area contributed by atoms with Crippen LogP contribution in [0.2, 0.25) is 0 Å². The van der Waals surface area contributed by atoms with E-state index in [1.54, 1.807) is 7.11 Å². The van der Waals surface area contributed by atoms with Crippen molar-refractivity contribution in [3.63, 3.8) is 0 Å². The third kappa shape index (κ3) is 11.1. The van der Waals surface area contributed by atoms with Crippen LogP contribution in [0.25, 0.3) is 0 Å². The Hall–Kier alpha value is -1.88. The van der Waals surface area contributed by atoms with Gasteiger partial charge in [-0.05, 0) is 83.9 Å². The Morgan fingerprint density at radius 3 is 2.50 bits per heavy atom. The normalized spacial score (nSPS) is 18.3. The van der Waals surface area contributed by atoms with Gasteiger partial charge in [-0.2, -0.15) is 0 Å². The highest BCUT2D eigenvalue weighted by molar-refractivity contribution is 5.26. The first-order valence-electron chi connectivity index (χ1n) is 11.9. The summed E-state index contributed by atoms with van der Waals surface area (Å²) in [4.78, 5) is 0. The van der Waals surface area contributed by atoms with E-state index < -0.39 is 0 Å². The Bertz CT molecular complexity index is 735. The van der Waals surface area contributed by atoms with Crippen LogP contribution in [0.1, 0.15) is 71.8 Å². The summed E-state index contributed by atoms with van der Waals surface area (Å²) in [6, 6.07) is 8.06. The maximum Gasteiger partial charge on any atom is 0.157 e. The lowest BCUT2D eigenvalue weighted by atomic mass is 10.0. The van der Waals surface area contributed by atoms with Crippen LogP contribution in [0.4, 0.5) is 0 Å². The minimum Gasteiger partial charge on any atom is -0.497 e. The monoisotopic (exact) mass is 442 g/mol. The van der Waals surface area contributed by atoms with Crippen molar-refractivity contribution in [1.29, 1.82) is 0 Å². The first-order valence-corrected chi connectivity index (χ1v) is 11.9. The SMILES string of the molecule is COc1ccc(COC(C=C(C)C)C/C(C)=C\CC/C(C)=C/COC2CCCCO2)cc1. The fourth-order valence-corrected chi connectivity index (χ4v) is 3.65. The predicted octanol–water partition coefficient (Wildman–Crippen LogP) is 7.15. The summed E-state index contributed by atoms with van der Waals surface area (Å²) in [5.41, 5.74) is 5.16. The number of ether oxygens (including phenoxy) is 4. The first kappa shape index (κ1) is 26.4. The lowest BCUT2D eigenvalue weighted by Crippen LogP contribution is -2.22. The second-order valence-corrected chi connectivity index (χ2v) is 8.91. The van der Waals surface area contributed by atoms with Crippen LogP contribution in [-0.4, -0.2) is 32.7 Å². The van der Waals surface area contributed by atoms with E-state index in [2.05, 4.69) is 58.1 Å². The van der Waals surface area contributed by atoms with Gasteiger partial charge in [-0.1, -0.05) is 47.1 Å². The number of hydrogen-bond acceptors (Lipinski definition) is 4. The summed E-state index contributed by atoms with van der Waals surface area (Å²) in [6.07, 6.45) is 13.2. The van der Waals surface area contributed by atoms with Gasteiger partial charge in [0, 0.05) is 6.61 Å². The summed E-state index contributed by atoms with van der Waals surface area (Å²) in [5.74, 6) is 0.867. The molecule has 1 aromatic rings. The van der Waals surface area contributed by atoms with E-state index in [1.165, 1.54) is 23.1 Å². The van der Waals surface area contributed by atoms with Crippen LogP contribution in [0.5, 0.6) is 5.75 Å². The molecule has 1 saturated heterocycles. The highest BCUT2D eigenvalue weighted by atomic mass is 16.7. The van der Waals surface area contributed by atoms with Crippen LogP contribution < -0.4 is 4.74 Å². The molecule has 4 heteroatoms. The van der Waals surface area contributed by atoms with Gasteiger partial charge in [0.1, 0.15) is 5.75 Å². The van der Waals surface area contributed by atoms with Gasteiger partial charge in [-0.25, -0.2) is 0 Å². The number of hydrogen-bond donors (Lipinski definition) is 0. The highest BCUT2D eigenvalue weighted by Crippen LogP contribution is 2.18. The molecule has 1 aromatic carbocycles. The highest BCUT2D eigenvalue weighted by Gasteiger charge is 2.13. The zero-order valence-electron chi connectivity index (χ0n) is 20.7. The summed E-state index contributed by atoms with van der Waals surface area (Å²) in [5, 5.41) is 0. The topological polar surface area (TPSA) is 36.9 Å². The molecule has 1 heterocycles. The van der Waals surface area contributed by atoms with Crippen molar-refractivity contribution in [3.05, 3.63) is 64.8 Å². The van der Waals surface area contributed by atoms with Crippen molar-refractivity contribution in [2.75, 3.05) is 20.3 Å². The zero-order valence-corrected chi connectivity index (χ0v) is 20.7. The molecule has 1 aliphatic heterocycles. The van der Waals surface area contributed by atoms with Gasteiger partial charge in [-0.15, -0.1) is 0 Å². The Morgan fingerprint density at radius 2 is 1.84 bits per heavy atom. The van der Waals surface area contributed by atoms with E-state index >= 15 is 0 Å². The summed E-state index contributed by atoms with van der Waals surface area (Å²) < 4.78 is 22.9. The van der Waals surface area contributed by atoms with Crippen molar-refractivity contribution in [2.45, 2.75) is 85.2 Å². The van der Waals surface area contributed by atoms with Crippen molar-refractivity contribution >= 4 is 0 Å². The molecule has 2 unspecified atom stereocenters. The molecule has 0 saturated carbocycles. The lowest BCUT2D eigenvalue weighted by Gasteiger charge is -2.22. The number of benzene rings is 1. The summed E-state index contributed by atoms with van der Waals surface area (Å²) in [7, 11) is 1.68. The molecule has 0 spiro atoms. The van der Waals surface area contributed by atoms with Crippen molar-refractivity contribution < 1.29 is 18.9 Å². The standard InChI is InChI=1S/C28H42O4/c1-22(2)19-27(32-21-25-12-14-26(29-5)15-13-25)20-24(4)10-8-9-23(3)16-18-31-28-11-6-7-17-30-28/h10,12-16,19,27-28H,6-9,11,17-18,20-21H2,1-5H3/b23-16+,24-10-. The second-order valence-electron chi connectivity index (χ2n) is 8.91. The minimum absolute atomic E-state index is 0.0140. The van der Waals surface area contributed by atoms with E-state index in [0.717, 1.165) is 50.0 Å². The molecule has 2 rings (SSSR count). The average molecular weight is 443 g/mol. The molecular weight excluding hydrogens is 400 g/mol. The maximum absolute atomic E-state index is 6.22. The van der Waals surface area contributed by atoms with Crippen LogP contribution in [0.3, 0.4) is 0 Å². The third-order valence-corrected chi connectivity index (χ3v) is 5.55. The molecule has 2 atom stereocenters. The Labute approximate surface area is 195 Å². The van der Waals surface area contributed by atoms with Crippen LogP contribution >= 0.6 is 0 Å². The third-order valence-electron chi connectivity index (χ3n) is 5.55. The maximum atomic E-state index is 6.22. The number of rotatable bonds is 13. The Kier molecular flexibility index (Phi) is 12.4. The van der Waals surface area contributed by atoms with Gasteiger partial charge in [0.15, 0.2) is 6.29 Å². The van der Waals surface area contributed by atoms with Gasteiger partial charge in [0.05, 0.1) is 26.4 Å². The molecule has 0 amide bonds. The van der Waals surface area contributed by atoms with Gasteiger partial charge < -0.3 is 18.9 Å². The molecule has 0 aromatic heterocycles. The van der Waals surface area contributed by atoms with E-state index in [9.17, 15) is 0 Å². The molecule has 0 N–H and O–H groups in total. The number of methoxy groups -OCH3 is 1. The van der Waals surface area contributed by atoms with Gasteiger partial charge in [0.25, 0.3) is 0 Å². The smallest absolute Gasteiger partial charge is 0.157 e. The van der Waals surface area contributed by atoms with E-state index in [-0.39, 0.29) is 12.4 Å². The van der Waals surface area contributed by atoms with Gasteiger partial charge in [-0.3, -0.25) is 0 Å². The molecule has 0 bridgehead atoms. The summed E-state index contributed by atoms with van der Waals surface area (Å²) >= 11 is 0. The first-order chi connectivity index (χ1) is 15.5. The van der Waals surface area contributed by atoms with E-state index in [1.807, 2.05) is 12.1 Å². The molecule has 1 fully saturated rings. The van der Waals surface area contributed by atoms with Gasteiger partial charge in [0.2, 0.25) is 0 Å². The summed E-state index contributed by atoms with van der Waals surface area (Å²) in [6.45, 7) is 10.7. The fraction of sp³-hybridized carbons (Fsp3) is 0.571. The van der Waals surface area contributed by atoms with Crippen LogP contribution in [0.15, 0.2) is 59.2 Å². The van der Waals surface area contributed by atoms with Crippen molar-refractivity contribution in [2.24, 2.45) is 0 Å². The Morgan fingerprint density at radius 1 is 1.06 bits per heavy atom. The largest absolute Gasteiger partial charge is 0.497 e. The number of allylic oxidation sites excluding steroid dienone is 3. The molecule has 178 valence electrons. The molecule has 0 aliphatic carbocycles. The van der Waals surface area contributed by atoms with Crippen LogP contribution in [-0.2, 0) is 20.8 Å². The molecular formula is C28H42O4. The predicted molar refractivity (Wildman–Crippen MR) is 132 cm³/mol. The Balaban J connectivity index is 1.75. The quantitative estimate of drug-likeness (QED) is 0.304. The molecule has 0 radical (unpaired) electrons. The second kappa shape index (κ2) is 15.0. The zero-order chi connectivity index (χ0) is 23.2. The molecule has 1 aliphatic rings. The van der Waals surface area contributed by atoms with Crippen molar-refractivity contribution in [1.82, 2.24) is 0 Å². The molecule has 32 heavy (non-hydrogen) atoms. The van der Waals surface area contributed by atoms with E-state index in [4.69, 9.17) is 18.9 Å². The van der Waals surface area contributed by atoms with Crippen LogP contribution in [0, 0.1) is 0 Å². The van der Waals surface area contributed by atoms with Crippen molar-refractivity contribution in [3.8, 4) is 5.75 Å². The van der Waals surface area contributed by atoms with E-state index in [0.29, 0.717) is 13.2 Å². The average Bonchev–Trinajstić information content (AvgIpc) is 2.78. The lowest BCUT2D eigenvalue weighted by molar-refractivity contribution is -0.155.